The van der Waals surface area contributed by atoms with Gasteiger partial charge in [0.15, 0.2) is 11.5 Å². The van der Waals surface area contributed by atoms with Gasteiger partial charge in [0.2, 0.25) is 5.95 Å². The second-order valence-electron chi connectivity index (χ2n) is 6.52. The number of amides is 1. The minimum Gasteiger partial charge on any atom is -0.366 e. The van der Waals surface area contributed by atoms with Crippen LogP contribution in [0.1, 0.15) is 16.1 Å². The molecule has 12 heteroatoms. The molecule has 152 valence electrons. The highest BCUT2D eigenvalue weighted by molar-refractivity contribution is 6.04. The number of carbonyl (C=O) groups excluding carboxylic acids is 1. The number of primary amides is 1. The van der Waals surface area contributed by atoms with Crippen LogP contribution in [0.2, 0.25) is 0 Å². The number of fused-ring (bicyclic) bond motifs is 1. The Morgan fingerprint density at radius 1 is 1.07 bits per heavy atom. The summed E-state index contributed by atoms with van der Waals surface area (Å²) < 4.78 is 51.5. The molecular weight excluding hydrogens is 394 g/mol. The lowest BCUT2D eigenvalue weighted by molar-refractivity contribution is -0.141. The maximum Gasteiger partial charge on any atom is 0.435 e. The number of alkyl halides is 3. The Kier molecular flexibility index (Phi) is 4.47. The summed E-state index contributed by atoms with van der Waals surface area (Å²) in [5.41, 5.74) is 4.87. The third kappa shape index (κ3) is 3.65. The van der Waals surface area contributed by atoms with Gasteiger partial charge in [0, 0.05) is 26.2 Å². The zero-order chi connectivity index (χ0) is 20.8. The van der Waals surface area contributed by atoms with Gasteiger partial charge >= 0.3 is 6.18 Å². The number of hydrogen-bond acceptors (Lipinski definition) is 6. The summed E-state index contributed by atoms with van der Waals surface area (Å²) >= 11 is 0. The molecule has 0 aliphatic carbocycles. The molecule has 0 saturated carbocycles. The van der Waals surface area contributed by atoms with Crippen molar-refractivity contribution in [3.63, 3.8) is 0 Å². The number of nitrogens with one attached hydrogen (secondary N) is 1. The van der Waals surface area contributed by atoms with Crippen LogP contribution in [0.3, 0.4) is 0 Å². The van der Waals surface area contributed by atoms with Crippen molar-refractivity contribution < 1.29 is 22.4 Å². The Balaban J connectivity index is 1.50. The normalized spacial score (nSPS) is 15.2. The average Bonchev–Trinajstić information content (AvgIpc) is 3.10. The zero-order valence-corrected chi connectivity index (χ0v) is 14.9. The number of anilines is 2. The number of benzene rings is 1. The van der Waals surface area contributed by atoms with Crippen molar-refractivity contribution in [3.05, 3.63) is 41.3 Å². The summed E-state index contributed by atoms with van der Waals surface area (Å²) in [6.45, 7) is 1.90. The molecule has 1 aliphatic rings. The number of imidazole rings is 1. The van der Waals surface area contributed by atoms with Gasteiger partial charge in [-0.3, -0.25) is 4.79 Å². The van der Waals surface area contributed by atoms with Crippen LogP contribution >= 0.6 is 0 Å². The lowest BCUT2D eigenvalue weighted by Gasteiger charge is -2.35. The van der Waals surface area contributed by atoms with Crippen molar-refractivity contribution in [2.24, 2.45) is 5.73 Å². The van der Waals surface area contributed by atoms with Crippen LogP contribution in [0.5, 0.6) is 0 Å². The van der Waals surface area contributed by atoms with E-state index in [0.717, 1.165) is 12.1 Å². The molecule has 0 unspecified atom stereocenters. The standard InChI is InChI=1S/C17H15F4N7O/c18-9-7-10(15(22)29)14-11(8-9)23-16(24-14)28-5-3-27(4-6-28)13-2-1-12(25-26-13)17(19,20)21/h1-2,7-8H,3-6H2,(H2,22,29)(H,23,24). The van der Waals surface area contributed by atoms with Gasteiger partial charge in [-0.25, -0.2) is 9.37 Å². The number of nitrogens with zero attached hydrogens (tertiary/aromatic N) is 5. The number of aromatic nitrogens is 4. The Labute approximate surface area is 161 Å². The first-order valence-electron chi connectivity index (χ1n) is 8.62. The predicted molar refractivity (Wildman–Crippen MR) is 96.0 cm³/mol. The summed E-state index contributed by atoms with van der Waals surface area (Å²) in [6.07, 6.45) is -4.53. The Morgan fingerprint density at radius 3 is 2.34 bits per heavy atom. The molecule has 2 aromatic heterocycles. The number of hydrogen-bond donors (Lipinski definition) is 2. The number of carbonyl (C=O) groups is 1. The third-order valence-electron chi connectivity index (χ3n) is 4.65. The number of nitrogens with two attached hydrogens (primary N) is 1. The first-order valence-corrected chi connectivity index (χ1v) is 8.62. The van der Waals surface area contributed by atoms with Crippen LogP contribution in [0, 0.1) is 5.82 Å². The smallest absolute Gasteiger partial charge is 0.366 e. The van der Waals surface area contributed by atoms with E-state index >= 15 is 0 Å². The summed E-state index contributed by atoms with van der Waals surface area (Å²) in [4.78, 5) is 22.6. The lowest BCUT2D eigenvalue weighted by Crippen LogP contribution is -2.47. The van der Waals surface area contributed by atoms with E-state index in [1.165, 1.54) is 12.1 Å². The van der Waals surface area contributed by atoms with Gasteiger partial charge in [0.1, 0.15) is 11.3 Å². The monoisotopic (exact) mass is 409 g/mol. The zero-order valence-electron chi connectivity index (χ0n) is 14.9. The van der Waals surface area contributed by atoms with E-state index in [0.29, 0.717) is 43.5 Å². The topological polar surface area (TPSA) is 104 Å². The molecule has 1 aromatic carbocycles. The molecule has 1 fully saturated rings. The lowest BCUT2D eigenvalue weighted by atomic mass is 10.1. The van der Waals surface area contributed by atoms with Crippen LogP contribution in [0.4, 0.5) is 29.3 Å². The van der Waals surface area contributed by atoms with Crippen LogP contribution in [-0.2, 0) is 6.18 Å². The number of aromatic amines is 1. The molecule has 0 radical (unpaired) electrons. The molecule has 8 nitrogen and oxygen atoms in total. The molecule has 4 rings (SSSR count). The van der Waals surface area contributed by atoms with E-state index in [1.807, 2.05) is 4.90 Å². The summed E-state index contributed by atoms with van der Waals surface area (Å²) in [5, 5.41) is 6.90. The van der Waals surface area contributed by atoms with E-state index in [9.17, 15) is 22.4 Å². The highest BCUT2D eigenvalue weighted by Crippen LogP contribution is 2.28. The molecular formula is C17H15F4N7O. The Hall–Kier alpha value is -3.44. The molecule has 0 spiro atoms. The third-order valence-corrected chi connectivity index (χ3v) is 4.65. The van der Waals surface area contributed by atoms with Gasteiger partial charge in [0.05, 0.1) is 11.1 Å². The van der Waals surface area contributed by atoms with Gasteiger partial charge < -0.3 is 20.5 Å². The van der Waals surface area contributed by atoms with Crippen molar-refractivity contribution in [1.29, 1.82) is 0 Å². The van der Waals surface area contributed by atoms with Gasteiger partial charge in [-0.1, -0.05) is 0 Å². The quantitative estimate of drug-likeness (QED) is 0.641. The fourth-order valence-electron chi connectivity index (χ4n) is 3.20. The SMILES string of the molecule is NC(=O)c1cc(F)cc2[nH]c(N3CCN(c4ccc(C(F)(F)F)nn4)CC3)nc12. The van der Waals surface area contributed by atoms with Crippen molar-refractivity contribution in [2.75, 3.05) is 36.0 Å². The van der Waals surface area contributed by atoms with Crippen molar-refractivity contribution >= 4 is 28.7 Å². The fraction of sp³-hybridized carbons (Fsp3) is 0.294. The number of rotatable bonds is 3. The van der Waals surface area contributed by atoms with E-state index in [1.54, 1.807) is 4.90 Å². The first-order chi connectivity index (χ1) is 13.7. The van der Waals surface area contributed by atoms with Gasteiger partial charge in [-0.05, 0) is 24.3 Å². The minimum absolute atomic E-state index is 0.0128. The molecule has 29 heavy (non-hydrogen) atoms. The minimum atomic E-state index is -4.53. The van der Waals surface area contributed by atoms with Crippen LogP contribution in [0.15, 0.2) is 24.3 Å². The molecule has 0 bridgehead atoms. The number of halogens is 4. The highest BCUT2D eigenvalue weighted by Gasteiger charge is 2.33. The fourth-order valence-corrected chi connectivity index (χ4v) is 3.20. The van der Waals surface area contributed by atoms with E-state index < -0.39 is 23.6 Å². The van der Waals surface area contributed by atoms with Gasteiger partial charge in [-0.15, -0.1) is 10.2 Å². The number of H-pyrrole nitrogens is 1. The molecule has 1 saturated heterocycles. The molecule has 1 aliphatic heterocycles. The maximum absolute atomic E-state index is 13.7. The van der Waals surface area contributed by atoms with Crippen LogP contribution < -0.4 is 15.5 Å². The van der Waals surface area contributed by atoms with Crippen molar-refractivity contribution in [3.8, 4) is 0 Å². The second kappa shape index (κ2) is 6.87. The van der Waals surface area contributed by atoms with E-state index in [4.69, 9.17) is 5.73 Å². The number of piperazine rings is 1. The summed E-state index contributed by atoms with van der Waals surface area (Å²) in [5.74, 6) is -0.586. The van der Waals surface area contributed by atoms with Crippen LogP contribution in [-0.4, -0.2) is 52.3 Å². The molecule has 3 heterocycles. The largest absolute Gasteiger partial charge is 0.435 e. The van der Waals surface area contributed by atoms with Gasteiger partial charge in [-0.2, -0.15) is 13.2 Å². The highest BCUT2D eigenvalue weighted by atomic mass is 19.4. The molecule has 3 N–H and O–H groups in total. The first kappa shape index (κ1) is 18.9. The molecule has 0 atom stereocenters. The van der Waals surface area contributed by atoms with Crippen molar-refractivity contribution in [2.45, 2.75) is 6.18 Å². The summed E-state index contributed by atoms with van der Waals surface area (Å²) in [6, 6.07) is 4.45. The average molecular weight is 409 g/mol. The van der Waals surface area contributed by atoms with E-state index in [2.05, 4.69) is 20.2 Å². The molecule has 1 amide bonds. The van der Waals surface area contributed by atoms with E-state index in [-0.39, 0.29) is 11.1 Å². The van der Waals surface area contributed by atoms with Crippen LogP contribution in [0.25, 0.3) is 11.0 Å². The Bertz CT molecular complexity index is 1060. The molecule has 3 aromatic rings. The predicted octanol–water partition coefficient (Wildman–Crippen LogP) is 1.94. The summed E-state index contributed by atoms with van der Waals surface area (Å²) in [7, 11) is 0. The van der Waals surface area contributed by atoms with Crippen molar-refractivity contribution in [1.82, 2.24) is 20.2 Å². The second-order valence-corrected chi connectivity index (χ2v) is 6.52. The maximum atomic E-state index is 13.7. The Morgan fingerprint density at radius 2 is 1.76 bits per heavy atom. The van der Waals surface area contributed by atoms with Gasteiger partial charge in [0.25, 0.3) is 5.91 Å².